The Labute approximate surface area is 114 Å². The summed E-state index contributed by atoms with van der Waals surface area (Å²) < 4.78 is 5.34. The van der Waals surface area contributed by atoms with E-state index in [9.17, 15) is 14.7 Å². The number of piperidine rings is 1. The highest BCUT2D eigenvalue weighted by atomic mass is 16.5. The average molecular weight is 271 g/mol. The van der Waals surface area contributed by atoms with E-state index in [1.54, 1.807) is 11.8 Å². The van der Waals surface area contributed by atoms with Crippen LogP contribution in [-0.4, -0.2) is 48.2 Å². The van der Waals surface area contributed by atoms with Gasteiger partial charge in [0.15, 0.2) is 0 Å². The second-order valence-corrected chi connectivity index (χ2v) is 5.54. The van der Waals surface area contributed by atoms with Gasteiger partial charge in [-0.1, -0.05) is 19.8 Å². The normalized spacial score (nSPS) is 23.4. The molecule has 1 N–H and O–H groups in total. The molecule has 0 aromatic carbocycles. The van der Waals surface area contributed by atoms with Crippen molar-refractivity contribution in [3.8, 4) is 0 Å². The molecular weight excluding hydrogens is 246 g/mol. The van der Waals surface area contributed by atoms with Crippen LogP contribution in [0, 0.1) is 5.41 Å². The predicted molar refractivity (Wildman–Crippen MR) is 71.9 cm³/mol. The lowest BCUT2D eigenvalue weighted by molar-refractivity contribution is -0.154. The Hall–Kier alpha value is -1.10. The zero-order chi connectivity index (χ0) is 14.3. The first-order chi connectivity index (χ1) is 8.99. The van der Waals surface area contributed by atoms with Gasteiger partial charge in [0.25, 0.3) is 0 Å². The van der Waals surface area contributed by atoms with Crippen molar-refractivity contribution in [1.82, 2.24) is 4.90 Å². The summed E-state index contributed by atoms with van der Waals surface area (Å²) >= 11 is 0. The number of ether oxygens (including phenoxy) is 1. The molecule has 5 heteroatoms. The standard InChI is InChI=1S/C14H25NO4/c1-3-4-5-9-19-10-12(16)15-8-6-7-14(2,11-15)13(17)18/h3-11H2,1-2H3,(H,17,18). The largest absolute Gasteiger partial charge is 0.481 e. The van der Waals surface area contributed by atoms with E-state index >= 15 is 0 Å². The maximum absolute atomic E-state index is 11.9. The molecule has 1 fully saturated rings. The van der Waals surface area contributed by atoms with Crippen molar-refractivity contribution in [3.05, 3.63) is 0 Å². The number of hydrogen-bond acceptors (Lipinski definition) is 3. The van der Waals surface area contributed by atoms with Gasteiger partial charge < -0.3 is 14.7 Å². The Bertz CT molecular complexity index is 319. The van der Waals surface area contributed by atoms with E-state index in [4.69, 9.17) is 4.74 Å². The fourth-order valence-corrected chi connectivity index (χ4v) is 2.33. The van der Waals surface area contributed by atoms with Gasteiger partial charge in [-0.25, -0.2) is 0 Å². The Morgan fingerprint density at radius 1 is 1.37 bits per heavy atom. The molecule has 110 valence electrons. The van der Waals surface area contributed by atoms with E-state index in [1.807, 2.05) is 0 Å². The molecule has 1 unspecified atom stereocenters. The average Bonchev–Trinajstić information content (AvgIpc) is 2.38. The van der Waals surface area contributed by atoms with E-state index in [0.717, 1.165) is 25.7 Å². The summed E-state index contributed by atoms with van der Waals surface area (Å²) in [4.78, 5) is 24.8. The molecular formula is C14H25NO4. The van der Waals surface area contributed by atoms with Crippen LogP contribution >= 0.6 is 0 Å². The smallest absolute Gasteiger partial charge is 0.311 e. The summed E-state index contributed by atoms with van der Waals surface area (Å²) in [6, 6.07) is 0. The number of carbonyl (C=O) groups excluding carboxylic acids is 1. The van der Waals surface area contributed by atoms with Crippen molar-refractivity contribution in [1.29, 1.82) is 0 Å². The van der Waals surface area contributed by atoms with Crippen molar-refractivity contribution < 1.29 is 19.4 Å². The third-order valence-corrected chi connectivity index (χ3v) is 3.68. The molecule has 1 aliphatic heterocycles. The third-order valence-electron chi connectivity index (χ3n) is 3.68. The summed E-state index contributed by atoms with van der Waals surface area (Å²) in [5, 5.41) is 9.20. The minimum absolute atomic E-state index is 0.0689. The molecule has 1 saturated heterocycles. The molecule has 0 aromatic rings. The molecule has 1 amide bonds. The van der Waals surface area contributed by atoms with Crippen LogP contribution in [0.5, 0.6) is 0 Å². The van der Waals surface area contributed by atoms with E-state index in [1.165, 1.54) is 0 Å². The van der Waals surface area contributed by atoms with Gasteiger partial charge in [-0.05, 0) is 26.2 Å². The van der Waals surface area contributed by atoms with Gasteiger partial charge in [0, 0.05) is 19.7 Å². The fraction of sp³-hybridized carbons (Fsp3) is 0.857. The second kappa shape index (κ2) is 7.48. The monoisotopic (exact) mass is 271 g/mol. The highest BCUT2D eigenvalue weighted by Gasteiger charge is 2.39. The fourth-order valence-electron chi connectivity index (χ4n) is 2.33. The van der Waals surface area contributed by atoms with E-state index in [-0.39, 0.29) is 12.5 Å². The number of amides is 1. The molecule has 1 heterocycles. The summed E-state index contributed by atoms with van der Waals surface area (Å²) in [5.74, 6) is -0.919. The molecule has 0 bridgehead atoms. The SMILES string of the molecule is CCCCCOCC(=O)N1CCCC(C)(C(=O)O)C1. The number of rotatable bonds is 7. The maximum atomic E-state index is 11.9. The van der Waals surface area contributed by atoms with Gasteiger partial charge in [-0.15, -0.1) is 0 Å². The quantitative estimate of drug-likeness (QED) is 0.718. The minimum Gasteiger partial charge on any atom is -0.481 e. The zero-order valence-electron chi connectivity index (χ0n) is 12.0. The maximum Gasteiger partial charge on any atom is 0.311 e. The molecule has 0 aliphatic carbocycles. The molecule has 1 atom stereocenters. The van der Waals surface area contributed by atoms with Crippen molar-refractivity contribution >= 4 is 11.9 Å². The number of hydrogen-bond donors (Lipinski definition) is 1. The van der Waals surface area contributed by atoms with Gasteiger partial charge >= 0.3 is 5.97 Å². The first kappa shape index (κ1) is 16.0. The Kier molecular flexibility index (Phi) is 6.28. The zero-order valence-corrected chi connectivity index (χ0v) is 12.0. The molecule has 1 aliphatic rings. The lowest BCUT2D eigenvalue weighted by Crippen LogP contribution is -2.49. The van der Waals surface area contributed by atoms with Gasteiger partial charge in [0.1, 0.15) is 6.61 Å². The topological polar surface area (TPSA) is 66.8 Å². The number of aliphatic carboxylic acids is 1. The molecule has 19 heavy (non-hydrogen) atoms. The Morgan fingerprint density at radius 3 is 2.74 bits per heavy atom. The highest BCUT2D eigenvalue weighted by Crippen LogP contribution is 2.29. The van der Waals surface area contributed by atoms with Crippen molar-refractivity contribution in [2.45, 2.75) is 46.0 Å². The lowest BCUT2D eigenvalue weighted by Gasteiger charge is -2.37. The number of carboxylic acids is 1. The van der Waals surface area contributed by atoms with Crippen LogP contribution in [0.4, 0.5) is 0 Å². The number of nitrogens with zero attached hydrogens (tertiary/aromatic N) is 1. The molecule has 0 radical (unpaired) electrons. The van der Waals surface area contributed by atoms with Crippen LogP contribution in [0.2, 0.25) is 0 Å². The van der Waals surface area contributed by atoms with E-state index in [2.05, 4.69) is 6.92 Å². The number of carbonyl (C=O) groups is 2. The Balaban J connectivity index is 2.34. The van der Waals surface area contributed by atoms with Crippen molar-refractivity contribution in [2.75, 3.05) is 26.3 Å². The summed E-state index contributed by atoms with van der Waals surface area (Å²) in [5.41, 5.74) is -0.809. The van der Waals surface area contributed by atoms with Crippen LogP contribution in [-0.2, 0) is 14.3 Å². The van der Waals surface area contributed by atoms with E-state index in [0.29, 0.717) is 26.1 Å². The van der Waals surface area contributed by atoms with Crippen LogP contribution in [0.25, 0.3) is 0 Å². The van der Waals surface area contributed by atoms with E-state index < -0.39 is 11.4 Å². The van der Waals surface area contributed by atoms with Gasteiger partial charge in [-0.2, -0.15) is 0 Å². The Morgan fingerprint density at radius 2 is 2.11 bits per heavy atom. The number of carboxylic acid groups (broad SMARTS) is 1. The molecule has 0 saturated carbocycles. The number of likely N-dealkylation sites (tertiary alicyclic amines) is 1. The second-order valence-electron chi connectivity index (χ2n) is 5.54. The molecule has 0 spiro atoms. The summed E-state index contributed by atoms with van der Waals surface area (Å²) in [6.07, 6.45) is 4.57. The highest BCUT2D eigenvalue weighted by molar-refractivity contribution is 5.80. The van der Waals surface area contributed by atoms with Gasteiger partial charge in [0.05, 0.1) is 5.41 Å². The first-order valence-corrected chi connectivity index (χ1v) is 7.08. The predicted octanol–water partition coefficient (Wildman–Crippen LogP) is 1.91. The minimum atomic E-state index is -0.825. The summed E-state index contributed by atoms with van der Waals surface area (Å²) in [6.45, 7) is 5.42. The third kappa shape index (κ3) is 4.82. The molecule has 5 nitrogen and oxygen atoms in total. The van der Waals surface area contributed by atoms with Crippen molar-refractivity contribution in [3.63, 3.8) is 0 Å². The van der Waals surface area contributed by atoms with Crippen LogP contribution in [0.3, 0.4) is 0 Å². The van der Waals surface area contributed by atoms with Crippen molar-refractivity contribution in [2.24, 2.45) is 5.41 Å². The van der Waals surface area contributed by atoms with Gasteiger partial charge in [-0.3, -0.25) is 9.59 Å². The number of unbranched alkanes of at least 4 members (excludes halogenated alkanes) is 2. The van der Waals surface area contributed by atoms with Gasteiger partial charge in [0.2, 0.25) is 5.91 Å². The van der Waals surface area contributed by atoms with Crippen LogP contribution < -0.4 is 0 Å². The molecule has 0 aromatic heterocycles. The molecule has 1 rings (SSSR count). The van der Waals surface area contributed by atoms with Crippen LogP contribution in [0.1, 0.15) is 46.0 Å². The van der Waals surface area contributed by atoms with Crippen LogP contribution in [0.15, 0.2) is 0 Å². The first-order valence-electron chi connectivity index (χ1n) is 7.08. The summed E-state index contributed by atoms with van der Waals surface area (Å²) in [7, 11) is 0. The lowest BCUT2D eigenvalue weighted by atomic mass is 9.82.